The van der Waals surface area contributed by atoms with Gasteiger partial charge in [0.25, 0.3) is 0 Å². The lowest BCUT2D eigenvalue weighted by Gasteiger charge is -2.35. The third kappa shape index (κ3) is 6.13. The summed E-state index contributed by atoms with van der Waals surface area (Å²) in [4.78, 5) is 5.03. The number of ether oxygens (including phenoxy) is 2. The second kappa shape index (κ2) is 10.3. The number of rotatable bonds is 9. The SMILES string of the molecule is CC(CN1CCOCC1)N(CCOc1ccccc1)Cc1ccccc1. The van der Waals surface area contributed by atoms with Crippen molar-refractivity contribution in [3.05, 3.63) is 66.2 Å². The average Bonchev–Trinajstić information content (AvgIpc) is 2.69. The first-order chi connectivity index (χ1) is 12.8. The summed E-state index contributed by atoms with van der Waals surface area (Å²) in [7, 11) is 0. The topological polar surface area (TPSA) is 24.9 Å². The van der Waals surface area contributed by atoms with E-state index in [1.54, 1.807) is 0 Å². The molecule has 0 aromatic heterocycles. The number of morpholine rings is 1. The molecular weight excluding hydrogens is 324 g/mol. The van der Waals surface area contributed by atoms with Crippen molar-refractivity contribution in [3.63, 3.8) is 0 Å². The maximum atomic E-state index is 5.94. The van der Waals surface area contributed by atoms with Crippen molar-refractivity contribution in [3.8, 4) is 5.75 Å². The minimum absolute atomic E-state index is 0.465. The van der Waals surface area contributed by atoms with E-state index >= 15 is 0 Å². The predicted octanol–water partition coefficient (Wildman–Crippen LogP) is 3.29. The van der Waals surface area contributed by atoms with Gasteiger partial charge >= 0.3 is 0 Å². The van der Waals surface area contributed by atoms with Crippen LogP contribution >= 0.6 is 0 Å². The van der Waals surface area contributed by atoms with E-state index in [1.807, 2.05) is 30.3 Å². The van der Waals surface area contributed by atoms with Crippen LogP contribution < -0.4 is 4.74 Å². The fourth-order valence-corrected chi connectivity index (χ4v) is 3.34. The van der Waals surface area contributed by atoms with Crippen molar-refractivity contribution in [1.82, 2.24) is 9.80 Å². The van der Waals surface area contributed by atoms with Crippen LogP contribution in [0.15, 0.2) is 60.7 Å². The zero-order valence-corrected chi connectivity index (χ0v) is 15.7. The van der Waals surface area contributed by atoms with Gasteiger partial charge in [0.1, 0.15) is 12.4 Å². The summed E-state index contributed by atoms with van der Waals surface area (Å²) in [5.41, 5.74) is 1.35. The van der Waals surface area contributed by atoms with Crippen LogP contribution in [0, 0.1) is 0 Å². The molecule has 4 nitrogen and oxygen atoms in total. The molecule has 0 bridgehead atoms. The second-order valence-electron chi connectivity index (χ2n) is 6.88. The summed E-state index contributed by atoms with van der Waals surface area (Å²) in [6.07, 6.45) is 0. The lowest BCUT2D eigenvalue weighted by molar-refractivity contribution is 0.0221. The number of hydrogen-bond donors (Lipinski definition) is 0. The number of para-hydroxylation sites is 1. The molecule has 2 aromatic carbocycles. The van der Waals surface area contributed by atoms with Gasteiger partial charge in [0.2, 0.25) is 0 Å². The van der Waals surface area contributed by atoms with Crippen LogP contribution in [0.2, 0.25) is 0 Å². The van der Waals surface area contributed by atoms with Crippen molar-refractivity contribution >= 4 is 0 Å². The maximum absolute atomic E-state index is 5.94. The van der Waals surface area contributed by atoms with Crippen molar-refractivity contribution in [2.24, 2.45) is 0 Å². The van der Waals surface area contributed by atoms with Crippen LogP contribution in [-0.2, 0) is 11.3 Å². The Labute approximate surface area is 157 Å². The van der Waals surface area contributed by atoms with E-state index in [0.29, 0.717) is 12.6 Å². The van der Waals surface area contributed by atoms with E-state index in [9.17, 15) is 0 Å². The van der Waals surface area contributed by atoms with Crippen LogP contribution in [0.1, 0.15) is 12.5 Å². The molecule has 1 heterocycles. The Morgan fingerprint density at radius 2 is 1.65 bits per heavy atom. The lowest BCUT2D eigenvalue weighted by atomic mass is 10.1. The molecule has 3 rings (SSSR count). The molecule has 0 N–H and O–H groups in total. The highest BCUT2D eigenvalue weighted by molar-refractivity contribution is 5.20. The molecule has 2 aromatic rings. The first-order valence-corrected chi connectivity index (χ1v) is 9.57. The molecule has 140 valence electrons. The molecule has 0 aliphatic carbocycles. The number of nitrogens with zero attached hydrogens (tertiary/aromatic N) is 2. The van der Waals surface area contributed by atoms with E-state index in [4.69, 9.17) is 9.47 Å². The number of hydrogen-bond acceptors (Lipinski definition) is 4. The summed E-state index contributed by atoms with van der Waals surface area (Å²) >= 11 is 0. The van der Waals surface area contributed by atoms with Crippen LogP contribution in [0.4, 0.5) is 0 Å². The molecule has 1 atom stereocenters. The third-order valence-electron chi connectivity index (χ3n) is 4.87. The molecule has 1 unspecified atom stereocenters. The first kappa shape index (κ1) is 18.9. The summed E-state index contributed by atoms with van der Waals surface area (Å²) in [5, 5.41) is 0. The van der Waals surface area contributed by atoms with Gasteiger partial charge in [-0.3, -0.25) is 9.80 Å². The number of benzene rings is 2. The van der Waals surface area contributed by atoms with Crippen LogP contribution in [-0.4, -0.2) is 61.8 Å². The van der Waals surface area contributed by atoms with Gasteiger partial charge in [-0.15, -0.1) is 0 Å². The molecule has 26 heavy (non-hydrogen) atoms. The molecule has 0 saturated carbocycles. The van der Waals surface area contributed by atoms with Crippen molar-refractivity contribution < 1.29 is 9.47 Å². The van der Waals surface area contributed by atoms with Gasteiger partial charge in [0.05, 0.1) is 13.2 Å². The minimum Gasteiger partial charge on any atom is -0.492 e. The smallest absolute Gasteiger partial charge is 0.119 e. The van der Waals surface area contributed by atoms with E-state index < -0.39 is 0 Å². The fraction of sp³-hybridized carbons (Fsp3) is 0.455. The maximum Gasteiger partial charge on any atom is 0.119 e. The molecule has 1 aliphatic rings. The molecule has 4 heteroatoms. The Hall–Kier alpha value is -1.88. The highest BCUT2D eigenvalue weighted by atomic mass is 16.5. The summed E-state index contributed by atoms with van der Waals surface area (Å²) in [6.45, 7) is 9.71. The van der Waals surface area contributed by atoms with Crippen LogP contribution in [0.25, 0.3) is 0 Å². The molecule has 1 aliphatic heterocycles. The van der Waals surface area contributed by atoms with Gasteiger partial charge in [-0.25, -0.2) is 0 Å². The highest BCUT2D eigenvalue weighted by Crippen LogP contribution is 2.12. The van der Waals surface area contributed by atoms with Gasteiger partial charge in [0, 0.05) is 38.8 Å². The molecule has 0 radical (unpaired) electrons. The van der Waals surface area contributed by atoms with E-state index in [1.165, 1.54) is 5.56 Å². The standard InChI is InChI=1S/C22H30N2O2/c1-20(18-23-12-15-25-16-13-23)24(19-21-8-4-2-5-9-21)14-17-26-22-10-6-3-7-11-22/h2-11,20H,12-19H2,1H3. The second-order valence-corrected chi connectivity index (χ2v) is 6.88. The molecule has 1 fully saturated rings. The zero-order chi connectivity index (χ0) is 18.0. The predicted molar refractivity (Wildman–Crippen MR) is 106 cm³/mol. The molecular formula is C22H30N2O2. The summed E-state index contributed by atoms with van der Waals surface area (Å²) in [5.74, 6) is 0.938. The quantitative estimate of drug-likeness (QED) is 0.690. The Morgan fingerprint density at radius 1 is 1.00 bits per heavy atom. The van der Waals surface area contributed by atoms with E-state index in [2.05, 4.69) is 47.1 Å². The monoisotopic (exact) mass is 354 g/mol. The van der Waals surface area contributed by atoms with E-state index in [-0.39, 0.29) is 0 Å². The van der Waals surface area contributed by atoms with Crippen LogP contribution in [0.5, 0.6) is 5.75 Å². The Morgan fingerprint density at radius 3 is 2.35 bits per heavy atom. The van der Waals surface area contributed by atoms with E-state index in [0.717, 1.165) is 51.7 Å². The zero-order valence-electron chi connectivity index (χ0n) is 15.7. The minimum atomic E-state index is 0.465. The van der Waals surface area contributed by atoms with Gasteiger partial charge in [0.15, 0.2) is 0 Å². The van der Waals surface area contributed by atoms with Crippen molar-refractivity contribution in [2.45, 2.75) is 19.5 Å². The summed E-state index contributed by atoms with van der Waals surface area (Å²) < 4.78 is 11.4. The van der Waals surface area contributed by atoms with Crippen LogP contribution in [0.3, 0.4) is 0 Å². The first-order valence-electron chi connectivity index (χ1n) is 9.57. The highest BCUT2D eigenvalue weighted by Gasteiger charge is 2.19. The molecule has 0 amide bonds. The van der Waals surface area contributed by atoms with Crippen molar-refractivity contribution in [1.29, 1.82) is 0 Å². The van der Waals surface area contributed by atoms with Gasteiger partial charge in [-0.05, 0) is 24.6 Å². The Bertz CT molecular complexity index is 615. The average molecular weight is 354 g/mol. The summed E-state index contributed by atoms with van der Waals surface area (Å²) in [6, 6.07) is 21.2. The Kier molecular flexibility index (Phi) is 7.50. The van der Waals surface area contributed by atoms with Gasteiger partial charge in [-0.1, -0.05) is 48.5 Å². The largest absolute Gasteiger partial charge is 0.492 e. The van der Waals surface area contributed by atoms with Gasteiger partial charge < -0.3 is 9.47 Å². The molecule has 1 saturated heterocycles. The normalized spacial score (nSPS) is 16.5. The van der Waals surface area contributed by atoms with Gasteiger partial charge in [-0.2, -0.15) is 0 Å². The lowest BCUT2D eigenvalue weighted by Crippen LogP contribution is -2.46. The van der Waals surface area contributed by atoms with Crippen molar-refractivity contribution in [2.75, 3.05) is 46.0 Å². The third-order valence-corrected chi connectivity index (χ3v) is 4.87. The Balaban J connectivity index is 1.56. The fourth-order valence-electron chi connectivity index (χ4n) is 3.34. The molecule has 0 spiro atoms.